The van der Waals surface area contributed by atoms with Gasteiger partial charge in [-0.25, -0.2) is 0 Å². The maximum absolute atomic E-state index is 5.78. The molecule has 0 amide bonds. The van der Waals surface area contributed by atoms with Gasteiger partial charge in [-0.3, -0.25) is 0 Å². The molecule has 4 nitrogen and oxygen atoms in total. The van der Waals surface area contributed by atoms with Crippen LogP contribution in [0.4, 0.5) is 0 Å². The van der Waals surface area contributed by atoms with Crippen molar-refractivity contribution in [2.45, 2.75) is 39.2 Å². The van der Waals surface area contributed by atoms with Gasteiger partial charge in [0.2, 0.25) is 0 Å². The molecule has 0 bridgehead atoms. The highest BCUT2D eigenvalue weighted by Gasteiger charge is 2.36. The van der Waals surface area contributed by atoms with Crippen LogP contribution in [0.5, 0.6) is 0 Å². The summed E-state index contributed by atoms with van der Waals surface area (Å²) < 4.78 is 11.5. The Hall–Kier alpha value is -0.160. The largest absolute Gasteiger partial charge is 0.381 e. The standard InChI is InChI=1S/C15H30N2O2/c1-3-16-11-15(7-9-18-13-15)12-17(4-2)10-14-6-5-8-19-14/h14,16H,3-13H2,1-2H3. The molecule has 0 aliphatic carbocycles. The first kappa shape index (κ1) is 15.2. The average molecular weight is 270 g/mol. The van der Waals surface area contributed by atoms with Gasteiger partial charge in [0, 0.05) is 38.3 Å². The van der Waals surface area contributed by atoms with Crippen molar-refractivity contribution in [3.8, 4) is 0 Å². The van der Waals surface area contributed by atoms with Crippen molar-refractivity contribution in [3.63, 3.8) is 0 Å². The second-order valence-corrected chi connectivity index (χ2v) is 6.05. The molecule has 0 aromatic carbocycles. The summed E-state index contributed by atoms with van der Waals surface area (Å²) in [4.78, 5) is 2.56. The Kier molecular flexibility index (Phi) is 6.07. The normalized spacial score (nSPS) is 31.4. The van der Waals surface area contributed by atoms with Gasteiger partial charge in [0.25, 0.3) is 0 Å². The van der Waals surface area contributed by atoms with Crippen LogP contribution in [0.25, 0.3) is 0 Å². The zero-order valence-electron chi connectivity index (χ0n) is 12.6. The van der Waals surface area contributed by atoms with E-state index in [1.807, 2.05) is 0 Å². The van der Waals surface area contributed by atoms with Crippen LogP contribution in [0.2, 0.25) is 0 Å². The maximum Gasteiger partial charge on any atom is 0.0702 e. The molecule has 1 N–H and O–H groups in total. The minimum atomic E-state index is 0.310. The minimum absolute atomic E-state index is 0.310. The van der Waals surface area contributed by atoms with Gasteiger partial charge in [-0.1, -0.05) is 13.8 Å². The van der Waals surface area contributed by atoms with Gasteiger partial charge >= 0.3 is 0 Å². The third kappa shape index (κ3) is 4.42. The summed E-state index contributed by atoms with van der Waals surface area (Å²) in [7, 11) is 0. The second-order valence-electron chi connectivity index (χ2n) is 6.05. The van der Waals surface area contributed by atoms with Gasteiger partial charge in [-0.05, 0) is 32.4 Å². The average Bonchev–Trinajstić information content (AvgIpc) is 3.08. The van der Waals surface area contributed by atoms with E-state index in [1.54, 1.807) is 0 Å². The van der Waals surface area contributed by atoms with Gasteiger partial charge in [0.15, 0.2) is 0 Å². The molecule has 0 aromatic rings. The first-order valence-electron chi connectivity index (χ1n) is 7.90. The molecular weight excluding hydrogens is 240 g/mol. The van der Waals surface area contributed by atoms with E-state index in [0.29, 0.717) is 11.5 Å². The van der Waals surface area contributed by atoms with Crippen LogP contribution in [0.15, 0.2) is 0 Å². The fourth-order valence-corrected chi connectivity index (χ4v) is 3.22. The lowest BCUT2D eigenvalue weighted by Crippen LogP contribution is -2.46. The molecule has 2 fully saturated rings. The number of rotatable bonds is 8. The van der Waals surface area contributed by atoms with E-state index >= 15 is 0 Å². The van der Waals surface area contributed by atoms with Crippen molar-refractivity contribution in [3.05, 3.63) is 0 Å². The van der Waals surface area contributed by atoms with Gasteiger partial charge in [-0.15, -0.1) is 0 Å². The topological polar surface area (TPSA) is 33.7 Å². The Balaban J connectivity index is 1.86. The zero-order valence-corrected chi connectivity index (χ0v) is 12.6. The summed E-state index contributed by atoms with van der Waals surface area (Å²) in [5, 5.41) is 3.52. The fourth-order valence-electron chi connectivity index (χ4n) is 3.22. The maximum atomic E-state index is 5.78. The van der Waals surface area contributed by atoms with Crippen molar-refractivity contribution in [1.29, 1.82) is 0 Å². The van der Waals surface area contributed by atoms with Crippen LogP contribution in [0.1, 0.15) is 33.1 Å². The summed E-state index contributed by atoms with van der Waals surface area (Å²) in [6, 6.07) is 0. The number of ether oxygens (including phenoxy) is 2. The van der Waals surface area contributed by atoms with E-state index < -0.39 is 0 Å². The van der Waals surface area contributed by atoms with Crippen LogP contribution in [-0.4, -0.2) is 63.5 Å². The first-order chi connectivity index (χ1) is 9.28. The highest BCUT2D eigenvalue weighted by molar-refractivity contribution is 4.89. The number of nitrogens with zero attached hydrogens (tertiary/aromatic N) is 1. The Morgan fingerprint density at radius 3 is 2.79 bits per heavy atom. The number of likely N-dealkylation sites (N-methyl/N-ethyl adjacent to an activating group) is 1. The van der Waals surface area contributed by atoms with Gasteiger partial charge < -0.3 is 19.7 Å². The van der Waals surface area contributed by atoms with Crippen molar-refractivity contribution in [1.82, 2.24) is 10.2 Å². The van der Waals surface area contributed by atoms with E-state index in [4.69, 9.17) is 9.47 Å². The summed E-state index contributed by atoms with van der Waals surface area (Å²) in [6.45, 7) is 12.7. The smallest absolute Gasteiger partial charge is 0.0702 e. The summed E-state index contributed by atoms with van der Waals surface area (Å²) in [5.74, 6) is 0. The van der Waals surface area contributed by atoms with Crippen LogP contribution in [0, 0.1) is 5.41 Å². The van der Waals surface area contributed by atoms with Crippen LogP contribution < -0.4 is 5.32 Å². The molecule has 2 heterocycles. The predicted molar refractivity (Wildman–Crippen MR) is 77.5 cm³/mol. The highest BCUT2D eigenvalue weighted by Crippen LogP contribution is 2.29. The zero-order chi connectivity index (χ0) is 13.6. The lowest BCUT2D eigenvalue weighted by molar-refractivity contribution is 0.0508. The van der Waals surface area contributed by atoms with Crippen molar-refractivity contribution in [2.75, 3.05) is 52.5 Å². The SMILES string of the molecule is CCNCC1(CN(CC)CC2CCCO2)CCOC1. The molecular formula is C15H30N2O2. The Bertz CT molecular complexity index is 249. The molecule has 2 aliphatic rings. The molecule has 2 atom stereocenters. The molecule has 19 heavy (non-hydrogen) atoms. The third-order valence-electron chi connectivity index (χ3n) is 4.43. The molecule has 4 heteroatoms. The van der Waals surface area contributed by atoms with E-state index in [9.17, 15) is 0 Å². The van der Waals surface area contributed by atoms with Crippen LogP contribution >= 0.6 is 0 Å². The van der Waals surface area contributed by atoms with E-state index in [0.717, 1.165) is 52.5 Å². The molecule has 0 radical (unpaired) electrons. The lowest BCUT2D eigenvalue weighted by atomic mass is 9.86. The molecule has 112 valence electrons. The Labute approximate surface area is 117 Å². The third-order valence-corrected chi connectivity index (χ3v) is 4.43. The lowest BCUT2D eigenvalue weighted by Gasteiger charge is -2.35. The molecule has 0 spiro atoms. The molecule has 2 aliphatic heterocycles. The predicted octanol–water partition coefficient (Wildman–Crippen LogP) is 1.50. The quantitative estimate of drug-likeness (QED) is 0.725. The molecule has 2 saturated heterocycles. The Morgan fingerprint density at radius 2 is 2.21 bits per heavy atom. The first-order valence-corrected chi connectivity index (χ1v) is 7.90. The monoisotopic (exact) mass is 270 g/mol. The molecule has 0 saturated carbocycles. The molecule has 2 unspecified atom stereocenters. The summed E-state index contributed by atoms with van der Waals surface area (Å²) in [5.41, 5.74) is 0.310. The van der Waals surface area contributed by atoms with Crippen molar-refractivity contribution >= 4 is 0 Å². The van der Waals surface area contributed by atoms with Gasteiger partial charge in [0.1, 0.15) is 0 Å². The summed E-state index contributed by atoms with van der Waals surface area (Å²) >= 11 is 0. The number of hydrogen-bond donors (Lipinski definition) is 1. The van der Waals surface area contributed by atoms with Gasteiger partial charge in [-0.2, -0.15) is 0 Å². The van der Waals surface area contributed by atoms with E-state index in [2.05, 4.69) is 24.1 Å². The van der Waals surface area contributed by atoms with Crippen LogP contribution in [-0.2, 0) is 9.47 Å². The van der Waals surface area contributed by atoms with Crippen molar-refractivity contribution in [2.24, 2.45) is 5.41 Å². The fraction of sp³-hybridized carbons (Fsp3) is 1.00. The molecule has 0 aromatic heterocycles. The van der Waals surface area contributed by atoms with Crippen LogP contribution in [0.3, 0.4) is 0 Å². The van der Waals surface area contributed by atoms with Crippen molar-refractivity contribution < 1.29 is 9.47 Å². The van der Waals surface area contributed by atoms with Gasteiger partial charge in [0.05, 0.1) is 12.7 Å². The molecule has 2 rings (SSSR count). The Morgan fingerprint density at radius 1 is 1.32 bits per heavy atom. The second kappa shape index (κ2) is 7.58. The number of nitrogens with one attached hydrogen (secondary N) is 1. The minimum Gasteiger partial charge on any atom is -0.381 e. The number of hydrogen-bond acceptors (Lipinski definition) is 4. The summed E-state index contributed by atoms with van der Waals surface area (Å²) in [6.07, 6.45) is 4.10. The van der Waals surface area contributed by atoms with E-state index in [1.165, 1.54) is 19.3 Å². The van der Waals surface area contributed by atoms with E-state index in [-0.39, 0.29) is 0 Å². The highest BCUT2D eigenvalue weighted by atomic mass is 16.5.